The summed E-state index contributed by atoms with van der Waals surface area (Å²) in [5, 5.41) is 6.36. The van der Waals surface area contributed by atoms with Crippen molar-refractivity contribution < 1.29 is 17.9 Å². The lowest BCUT2D eigenvalue weighted by Crippen LogP contribution is -2.41. The molecule has 1 aliphatic heterocycles. The number of sulfone groups is 1. The average Bonchev–Trinajstić information content (AvgIpc) is 2.50. The number of hydrogen-bond acceptors (Lipinski definition) is 6. The van der Waals surface area contributed by atoms with Gasteiger partial charge in [0.1, 0.15) is 9.84 Å². The van der Waals surface area contributed by atoms with Gasteiger partial charge < -0.3 is 20.1 Å². The van der Waals surface area contributed by atoms with E-state index in [-0.39, 0.29) is 12.4 Å². The second kappa shape index (κ2) is 11.6. The molecule has 0 aromatic heterocycles. The van der Waals surface area contributed by atoms with Crippen molar-refractivity contribution in [2.24, 2.45) is 4.99 Å². The number of morpholine rings is 1. The first kappa shape index (κ1) is 20.1. The molecule has 0 bridgehead atoms. The maximum absolute atomic E-state index is 11.0. The molecule has 1 rings (SSSR count). The third-order valence-electron chi connectivity index (χ3n) is 3.27. The van der Waals surface area contributed by atoms with Gasteiger partial charge in [-0.3, -0.25) is 9.89 Å². The molecule has 1 fully saturated rings. The van der Waals surface area contributed by atoms with E-state index in [9.17, 15) is 8.42 Å². The minimum Gasteiger partial charge on any atom is -0.379 e. The van der Waals surface area contributed by atoms with E-state index in [0.717, 1.165) is 51.9 Å². The quantitative estimate of drug-likeness (QED) is 0.295. The predicted molar refractivity (Wildman–Crippen MR) is 91.8 cm³/mol. The molecular formula is C14H30N4O4S. The summed E-state index contributed by atoms with van der Waals surface area (Å²) in [6.45, 7) is 9.25. The Kier molecular flexibility index (Phi) is 10.2. The molecule has 1 saturated heterocycles. The van der Waals surface area contributed by atoms with Gasteiger partial charge in [-0.15, -0.1) is 0 Å². The second-order valence-corrected chi connectivity index (χ2v) is 7.64. The van der Waals surface area contributed by atoms with Crippen molar-refractivity contribution >= 4 is 15.8 Å². The van der Waals surface area contributed by atoms with Crippen molar-refractivity contribution in [3.63, 3.8) is 0 Å². The van der Waals surface area contributed by atoms with Gasteiger partial charge in [-0.1, -0.05) is 0 Å². The Bertz CT molecular complexity index is 436. The molecule has 0 saturated carbocycles. The highest BCUT2D eigenvalue weighted by Gasteiger charge is 2.09. The van der Waals surface area contributed by atoms with Crippen LogP contribution in [-0.2, 0) is 19.3 Å². The van der Waals surface area contributed by atoms with Gasteiger partial charge in [-0.05, 0) is 6.92 Å². The minimum absolute atomic E-state index is 0.0563. The average molecular weight is 350 g/mol. The predicted octanol–water partition coefficient (Wildman–Crippen LogP) is -1.07. The monoisotopic (exact) mass is 350 g/mol. The van der Waals surface area contributed by atoms with Gasteiger partial charge in [-0.2, -0.15) is 0 Å². The van der Waals surface area contributed by atoms with E-state index in [0.29, 0.717) is 13.2 Å². The number of ether oxygens (including phenoxy) is 2. The third kappa shape index (κ3) is 11.3. The Balaban J connectivity index is 2.16. The summed E-state index contributed by atoms with van der Waals surface area (Å²) in [6.07, 6.45) is 1.21. The van der Waals surface area contributed by atoms with E-state index in [1.807, 2.05) is 6.92 Å². The van der Waals surface area contributed by atoms with Gasteiger partial charge in [0.15, 0.2) is 5.96 Å². The summed E-state index contributed by atoms with van der Waals surface area (Å²) in [7, 11) is -2.95. The molecule has 0 radical (unpaired) electrons. The zero-order chi connectivity index (χ0) is 17.0. The SMILES string of the molecule is CCNC(=NCCN1CCOCC1)NCCOCCS(C)(=O)=O. The topological polar surface area (TPSA) is 92.3 Å². The summed E-state index contributed by atoms with van der Waals surface area (Å²) < 4.78 is 32.5. The van der Waals surface area contributed by atoms with Crippen molar-refractivity contribution in [2.45, 2.75) is 6.92 Å². The van der Waals surface area contributed by atoms with Crippen molar-refractivity contribution in [1.29, 1.82) is 0 Å². The lowest BCUT2D eigenvalue weighted by atomic mass is 10.4. The van der Waals surface area contributed by atoms with Crippen LogP contribution in [0, 0.1) is 0 Å². The maximum atomic E-state index is 11.0. The molecule has 9 heteroatoms. The molecule has 2 N–H and O–H groups in total. The fourth-order valence-corrected chi connectivity index (χ4v) is 2.44. The first-order chi connectivity index (χ1) is 11.0. The highest BCUT2D eigenvalue weighted by molar-refractivity contribution is 7.90. The number of hydrogen-bond donors (Lipinski definition) is 2. The van der Waals surface area contributed by atoms with E-state index >= 15 is 0 Å². The standard InChI is InChI=1S/C14H30N4O4S/c1-3-15-14(16-4-6-18-7-10-22-11-8-18)17-5-9-21-12-13-23(2,19)20/h3-13H2,1-2H3,(H2,15,16,17). The van der Waals surface area contributed by atoms with Crippen molar-refractivity contribution in [2.75, 3.05) is 77.7 Å². The molecule has 0 amide bonds. The largest absolute Gasteiger partial charge is 0.379 e. The lowest BCUT2D eigenvalue weighted by molar-refractivity contribution is 0.0394. The molecule has 136 valence electrons. The molecule has 23 heavy (non-hydrogen) atoms. The normalized spacial score (nSPS) is 17.2. The van der Waals surface area contributed by atoms with Crippen molar-refractivity contribution in [3.8, 4) is 0 Å². The van der Waals surface area contributed by atoms with Crippen LogP contribution in [0.3, 0.4) is 0 Å². The summed E-state index contributed by atoms with van der Waals surface area (Å²) >= 11 is 0. The molecule has 8 nitrogen and oxygen atoms in total. The van der Waals surface area contributed by atoms with Crippen LogP contribution in [-0.4, -0.2) is 97.0 Å². The van der Waals surface area contributed by atoms with Crippen LogP contribution in [0.4, 0.5) is 0 Å². The molecule has 0 spiro atoms. The Morgan fingerprint density at radius 1 is 1.26 bits per heavy atom. The van der Waals surface area contributed by atoms with Gasteiger partial charge in [0, 0.05) is 39.0 Å². The number of nitrogens with zero attached hydrogens (tertiary/aromatic N) is 2. The van der Waals surface area contributed by atoms with Gasteiger partial charge >= 0.3 is 0 Å². The summed E-state index contributed by atoms with van der Waals surface area (Å²) in [6, 6.07) is 0. The molecule has 1 aliphatic rings. The van der Waals surface area contributed by atoms with Gasteiger partial charge in [0.2, 0.25) is 0 Å². The van der Waals surface area contributed by atoms with Crippen LogP contribution in [0.2, 0.25) is 0 Å². The van der Waals surface area contributed by atoms with Crippen LogP contribution in [0.1, 0.15) is 6.92 Å². The first-order valence-corrected chi connectivity index (χ1v) is 10.1. The van der Waals surface area contributed by atoms with E-state index in [1.54, 1.807) is 0 Å². The van der Waals surface area contributed by atoms with Gasteiger partial charge in [0.05, 0.1) is 38.7 Å². The summed E-state index contributed by atoms with van der Waals surface area (Å²) in [5.74, 6) is 0.813. The summed E-state index contributed by atoms with van der Waals surface area (Å²) in [4.78, 5) is 6.86. The molecule has 0 atom stereocenters. The zero-order valence-corrected chi connectivity index (χ0v) is 15.0. The number of rotatable bonds is 10. The van der Waals surface area contributed by atoms with Crippen molar-refractivity contribution in [3.05, 3.63) is 0 Å². The lowest BCUT2D eigenvalue weighted by Gasteiger charge is -2.25. The van der Waals surface area contributed by atoms with Gasteiger partial charge in [0.25, 0.3) is 0 Å². The third-order valence-corrected chi connectivity index (χ3v) is 4.18. The fourth-order valence-electron chi connectivity index (χ4n) is 2.02. The zero-order valence-electron chi connectivity index (χ0n) is 14.2. The van der Waals surface area contributed by atoms with E-state index in [2.05, 4.69) is 20.5 Å². The van der Waals surface area contributed by atoms with E-state index in [1.165, 1.54) is 6.26 Å². The Morgan fingerprint density at radius 3 is 2.65 bits per heavy atom. The first-order valence-electron chi connectivity index (χ1n) is 8.09. The number of nitrogens with one attached hydrogen (secondary N) is 2. The van der Waals surface area contributed by atoms with E-state index in [4.69, 9.17) is 9.47 Å². The minimum atomic E-state index is -2.95. The molecule has 0 aliphatic carbocycles. The van der Waals surface area contributed by atoms with Gasteiger partial charge in [-0.25, -0.2) is 8.42 Å². The van der Waals surface area contributed by atoms with Crippen LogP contribution in [0.15, 0.2) is 4.99 Å². The Labute approximate surface area is 139 Å². The number of guanidine groups is 1. The number of aliphatic imine (C=N–C) groups is 1. The molecule has 1 heterocycles. The Hall–Kier alpha value is -0.900. The molecule has 0 aromatic carbocycles. The van der Waals surface area contributed by atoms with Crippen molar-refractivity contribution in [1.82, 2.24) is 15.5 Å². The molecular weight excluding hydrogens is 320 g/mol. The van der Waals surface area contributed by atoms with Crippen LogP contribution in [0.5, 0.6) is 0 Å². The smallest absolute Gasteiger partial charge is 0.191 e. The highest BCUT2D eigenvalue weighted by atomic mass is 32.2. The van der Waals surface area contributed by atoms with Crippen LogP contribution in [0.25, 0.3) is 0 Å². The second-order valence-electron chi connectivity index (χ2n) is 5.38. The van der Waals surface area contributed by atoms with Crippen LogP contribution < -0.4 is 10.6 Å². The molecule has 0 aromatic rings. The fraction of sp³-hybridized carbons (Fsp3) is 0.929. The summed E-state index contributed by atoms with van der Waals surface area (Å²) in [5.41, 5.74) is 0. The van der Waals surface area contributed by atoms with E-state index < -0.39 is 9.84 Å². The maximum Gasteiger partial charge on any atom is 0.191 e. The highest BCUT2D eigenvalue weighted by Crippen LogP contribution is 1.95. The molecule has 0 unspecified atom stereocenters. The van der Waals surface area contributed by atoms with Crippen LogP contribution >= 0.6 is 0 Å². The Morgan fingerprint density at radius 2 is 2.00 bits per heavy atom.